The van der Waals surface area contributed by atoms with E-state index in [0.717, 1.165) is 22.5 Å². The quantitative estimate of drug-likeness (QED) is 0.672. The number of benzene rings is 2. The molecule has 0 atom stereocenters. The van der Waals surface area contributed by atoms with Crippen molar-refractivity contribution >= 4 is 23.3 Å². The SMILES string of the molecule is COC(=O)CCNc1ccc(-c2ccc(NCCC(=O)OC)cc2)cc1. The highest BCUT2D eigenvalue weighted by atomic mass is 16.5. The summed E-state index contributed by atoms with van der Waals surface area (Å²) in [6.45, 7) is 1.08. The van der Waals surface area contributed by atoms with Crippen molar-refractivity contribution in [2.75, 3.05) is 37.9 Å². The molecule has 6 nitrogen and oxygen atoms in total. The van der Waals surface area contributed by atoms with Gasteiger partial charge in [-0.2, -0.15) is 0 Å². The minimum absolute atomic E-state index is 0.227. The summed E-state index contributed by atoms with van der Waals surface area (Å²) >= 11 is 0. The molecule has 0 unspecified atom stereocenters. The first-order chi connectivity index (χ1) is 12.6. The summed E-state index contributed by atoms with van der Waals surface area (Å²) in [4.78, 5) is 22.2. The highest BCUT2D eigenvalue weighted by Gasteiger charge is 2.02. The molecule has 0 radical (unpaired) electrons. The van der Waals surface area contributed by atoms with Gasteiger partial charge >= 0.3 is 11.9 Å². The van der Waals surface area contributed by atoms with Crippen LogP contribution in [-0.4, -0.2) is 39.2 Å². The third-order valence-electron chi connectivity index (χ3n) is 3.87. The van der Waals surface area contributed by atoms with E-state index in [1.165, 1.54) is 14.2 Å². The Hall–Kier alpha value is -3.02. The molecule has 0 saturated heterocycles. The molecule has 0 aliphatic carbocycles. The molecule has 2 aromatic rings. The molecule has 0 fully saturated rings. The van der Waals surface area contributed by atoms with E-state index in [2.05, 4.69) is 20.1 Å². The summed E-state index contributed by atoms with van der Waals surface area (Å²) in [6.07, 6.45) is 0.672. The molecular formula is C20H24N2O4. The van der Waals surface area contributed by atoms with Crippen molar-refractivity contribution in [3.63, 3.8) is 0 Å². The number of methoxy groups -OCH3 is 2. The Morgan fingerprint density at radius 1 is 0.692 bits per heavy atom. The van der Waals surface area contributed by atoms with Crippen LogP contribution in [0.15, 0.2) is 48.5 Å². The molecule has 2 aromatic carbocycles. The number of hydrogen-bond donors (Lipinski definition) is 2. The van der Waals surface area contributed by atoms with Crippen molar-refractivity contribution < 1.29 is 19.1 Å². The van der Waals surface area contributed by atoms with Crippen molar-refractivity contribution in [3.8, 4) is 11.1 Å². The molecule has 26 heavy (non-hydrogen) atoms. The van der Waals surface area contributed by atoms with Crippen LogP contribution >= 0.6 is 0 Å². The summed E-state index contributed by atoms with van der Waals surface area (Å²) in [7, 11) is 2.77. The Morgan fingerprint density at radius 3 is 1.35 bits per heavy atom. The van der Waals surface area contributed by atoms with Crippen LogP contribution in [-0.2, 0) is 19.1 Å². The molecule has 0 aromatic heterocycles. The van der Waals surface area contributed by atoms with Crippen LogP contribution in [0.5, 0.6) is 0 Å². The lowest BCUT2D eigenvalue weighted by Gasteiger charge is -2.09. The van der Waals surface area contributed by atoms with E-state index in [-0.39, 0.29) is 11.9 Å². The fourth-order valence-corrected chi connectivity index (χ4v) is 2.38. The van der Waals surface area contributed by atoms with Crippen LogP contribution in [0.2, 0.25) is 0 Å². The fraction of sp³-hybridized carbons (Fsp3) is 0.300. The minimum atomic E-state index is -0.227. The van der Waals surface area contributed by atoms with Crippen molar-refractivity contribution in [1.82, 2.24) is 0 Å². The van der Waals surface area contributed by atoms with Crippen LogP contribution in [0, 0.1) is 0 Å². The van der Waals surface area contributed by atoms with Gasteiger partial charge < -0.3 is 20.1 Å². The molecule has 0 heterocycles. The highest BCUT2D eigenvalue weighted by Crippen LogP contribution is 2.23. The monoisotopic (exact) mass is 356 g/mol. The van der Waals surface area contributed by atoms with E-state index in [9.17, 15) is 9.59 Å². The zero-order chi connectivity index (χ0) is 18.8. The molecule has 2 rings (SSSR count). The maximum absolute atomic E-state index is 11.1. The number of carbonyl (C=O) groups excluding carboxylic acids is 2. The van der Waals surface area contributed by atoms with Gasteiger partial charge in [-0.15, -0.1) is 0 Å². The van der Waals surface area contributed by atoms with Crippen molar-refractivity contribution in [2.45, 2.75) is 12.8 Å². The number of nitrogens with one attached hydrogen (secondary N) is 2. The molecule has 0 bridgehead atoms. The topological polar surface area (TPSA) is 76.7 Å². The summed E-state index contributed by atoms with van der Waals surface area (Å²) in [6, 6.07) is 16.0. The van der Waals surface area contributed by atoms with Gasteiger partial charge in [0, 0.05) is 24.5 Å². The van der Waals surface area contributed by atoms with Crippen LogP contribution < -0.4 is 10.6 Å². The second-order valence-corrected chi connectivity index (χ2v) is 5.66. The van der Waals surface area contributed by atoms with Gasteiger partial charge in [0.15, 0.2) is 0 Å². The van der Waals surface area contributed by atoms with Crippen LogP contribution in [0.1, 0.15) is 12.8 Å². The maximum Gasteiger partial charge on any atom is 0.307 e. The Labute approximate surface area is 153 Å². The van der Waals surface area contributed by atoms with Gasteiger partial charge in [0.05, 0.1) is 27.1 Å². The number of esters is 2. The number of ether oxygens (including phenoxy) is 2. The molecule has 6 heteroatoms. The van der Waals surface area contributed by atoms with E-state index in [0.29, 0.717) is 25.9 Å². The van der Waals surface area contributed by atoms with Crippen molar-refractivity contribution in [3.05, 3.63) is 48.5 Å². The van der Waals surface area contributed by atoms with E-state index in [1.807, 2.05) is 48.5 Å². The lowest BCUT2D eigenvalue weighted by atomic mass is 10.0. The lowest BCUT2D eigenvalue weighted by molar-refractivity contribution is -0.141. The minimum Gasteiger partial charge on any atom is -0.469 e. The fourth-order valence-electron chi connectivity index (χ4n) is 2.38. The first-order valence-electron chi connectivity index (χ1n) is 8.44. The smallest absolute Gasteiger partial charge is 0.307 e. The summed E-state index contributed by atoms with van der Waals surface area (Å²) in [5.74, 6) is -0.455. The molecular weight excluding hydrogens is 332 g/mol. The number of carbonyl (C=O) groups is 2. The maximum atomic E-state index is 11.1. The van der Waals surface area contributed by atoms with Gasteiger partial charge in [0.2, 0.25) is 0 Å². The Bertz CT molecular complexity index is 648. The molecule has 0 aliphatic heterocycles. The standard InChI is InChI=1S/C20H24N2O4/c1-25-19(23)11-13-21-17-7-3-15(4-8-17)16-5-9-18(10-6-16)22-14-12-20(24)26-2/h3-10,21-22H,11-14H2,1-2H3. The lowest BCUT2D eigenvalue weighted by Crippen LogP contribution is -2.09. The first kappa shape index (κ1) is 19.3. The molecule has 138 valence electrons. The van der Waals surface area contributed by atoms with Crippen LogP contribution in [0.3, 0.4) is 0 Å². The van der Waals surface area contributed by atoms with Gasteiger partial charge in [-0.25, -0.2) is 0 Å². The Morgan fingerprint density at radius 2 is 1.04 bits per heavy atom. The average molecular weight is 356 g/mol. The van der Waals surface area contributed by atoms with E-state index in [1.54, 1.807) is 0 Å². The molecule has 0 amide bonds. The van der Waals surface area contributed by atoms with Crippen molar-refractivity contribution in [1.29, 1.82) is 0 Å². The molecule has 2 N–H and O–H groups in total. The normalized spacial score (nSPS) is 10.1. The zero-order valence-electron chi connectivity index (χ0n) is 15.1. The largest absolute Gasteiger partial charge is 0.469 e. The van der Waals surface area contributed by atoms with Crippen LogP contribution in [0.25, 0.3) is 11.1 Å². The van der Waals surface area contributed by atoms with E-state index < -0.39 is 0 Å². The molecule has 0 saturated carbocycles. The predicted octanol–water partition coefficient (Wildman–Crippen LogP) is 3.30. The summed E-state index contributed by atoms with van der Waals surface area (Å²) in [5.41, 5.74) is 4.12. The molecule has 0 spiro atoms. The Kier molecular flexibility index (Phi) is 7.49. The summed E-state index contributed by atoms with van der Waals surface area (Å²) in [5, 5.41) is 6.37. The molecule has 0 aliphatic rings. The van der Waals surface area contributed by atoms with Crippen LogP contribution in [0.4, 0.5) is 11.4 Å². The number of rotatable bonds is 9. The highest BCUT2D eigenvalue weighted by molar-refractivity contribution is 5.71. The summed E-state index contributed by atoms with van der Waals surface area (Å²) < 4.78 is 9.22. The third-order valence-corrected chi connectivity index (χ3v) is 3.87. The Balaban J connectivity index is 1.86. The third kappa shape index (κ3) is 6.12. The van der Waals surface area contributed by atoms with E-state index in [4.69, 9.17) is 0 Å². The van der Waals surface area contributed by atoms with Gasteiger partial charge in [-0.1, -0.05) is 24.3 Å². The number of hydrogen-bond acceptors (Lipinski definition) is 6. The van der Waals surface area contributed by atoms with Gasteiger partial charge in [0.25, 0.3) is 0 Å². The predicted molar refractivity (Wildman–Crippen MR) is 102 cm³/mol. The van der Waals surface area contributed by atoms with Gasteiger partial charge in [-0.05, 0) is 35.4 Å². The van der Waals surface area contributed by atoms with Gasteiger partial charge in [0.1, 0.15) is 0 Å². The second kappa shape index (κ2) is 10.1. The van der Waals surface area contributed by atoms with E-state index >= 15 is 0 Å². The van der Waals surface area contributed by atoms with Crippen molar-refractivity contribution in [2.24, 2.45) is 0 Å². The first-order valence-corrected chi connectivity index (χ1v) is 8.44. The number of anilines is 2. The zero-order valence-corrected chi connectivity index (χ0v) is 15.1. The second-order valence-electron chi connectivity index (χ2n) is 5.66. The average Bonchev–Trinajstić information content (AvgIpc) is 2.68. The van der Waals surface area contributed by atoms with Gasteiger partial charge in [-0.3, -0.25) is 9.59 Å².